The summed E-state index contributed by atoms with van der Waals surface area (Å²) < 4.78 is 5.95. The molecule has 0 amide bonds. The van der Waals surface area contributed by atoms with Crippen LogP contribution in [0.3, 0.4) is 0 Å². The van der Waals surface area contributed by atoms with Crippen LogP contribution < -0.4 is 15.4 Å². The molecule has 0 saturated carbocycles. The van der Waals surface area contributed by atoms with Gasteiger partial charge in [-0.1, -0.05) is 74.0 Å². The van der Waals surface area contributed by atoms with Gasteiger partial charge >= 0.3 is 0 Å². The predicted octanol–water partition coefficient (Wildman–Crippen LogP) is 5.79. The van der Waals surface area contributed by atoms with E-state index < -0.39 is 0 Å². The fourth-order valence-electron chi connectivity index (χ4n) is 4.18. The number of ether oxygens (including phenoxy) is 1. The molecule has 1 aliphatic rings. The molecule has 1 aliphatic heterocycles. The highest BCUT2D eigenvalue weighted by Gasteiger charge is 2.26. The minimum atomic E-state index is -0.278. The summed E-state index contributed by atoms with van der Waals surface area (Å²) in [6, 6.07) is 12.4. The van der Waals surface area contributed by atoms with Crippen LogP contribution in [-0.4, -0.2) is 37.1 Å². The summed E-state index contributed by atoms with van der Waals surface area (Å²) in [4.78, 5) is 11.9. The average molecular weight is 449 g/mol. The third kappa shape index (κ3) is 5.11. The number of hydrogen-bond donors (Lipinski definition) is 1. The molecule has 1 aromatic heterocycles. The lowest BCUT2D eigenvalue weighted by atomic mass is 9.83. The zero-order chi connectivity index (χ0) is 24.0. The standard InChI is InChI=1S/C27H36N4O2/c1-7-21(27(28,8-2)9-3)16-15-19(4)25-22(20-13-11-10-12-14-20)17-23-26(29-25)33-18-24(30-32-6)31(23)5/h10-17H,7-9,18,28H2,1-6H3. The van der Waals surface area contributed by atoms with E-state index in [-0.39, 0.29) is 5.54 Å². The molecule has 3 rings (SSSR count). The fraction of sp³-hybridized carbons (Fsp3) is 0.407. The van der Waals surface area contributed by atoms with Crippen molar-refractivity contribution < 1.29 is 9.57 Å². The molecule has 176 valence electrons. The van der Waals surface area contributed by atoms with Crippen LogP contribution >= 0.6 is 0 Å². The van der Waals surface area contributed by atoms with Crippen LogP contribution in [-0.2, 0) is 4.84 Å². The monoisotopic (exact) mass is 448 g/mol. The lowest BCUT2D eigenvalue weighted by Crippen LogP contribution is -2.40. The van der Waals surface area contributed by atoms with Gasteiger partial charge in [-0.2, -0.15) is 0 Å². The van der Waals surface area contributed by atoms with Crippen molar-refractivity contribution >= 4 is 17.1 Å². The number of oxime groups is 1. The molecule has 6 nitrogen and oxygen atoms in total. The smallest absolute Gasteiger partial charge is 0.239 e. The number of nitrogens with two attached hydrogens (primary N) is 1. The van der Waals surface area contributed by atoms with Crippen molar-refractivity contribution in [3.8, 4) is 17.0 Å². The van der Waals surface area contributed by atoms with Gasteiger partial charge in [-0.25, -0.2) is 4.98 Å². The lowest BCUT2D eigenvalue weighted by Gasteiger charge is -2.30. The first-order valence-electron chi connectivity index (χ1n) is 11.6. The van der Waals surface area contributed by atoms with Crippen molar-refractivity contribution in [2.45, 2.75) is 52.5 Å². The SMILES string of the molecule is CCC(=CC=C(C)c1nc2c(cc1-c1ccccc1)N(C)C(=NOC)CO2)C(N)(CC)CC. The molecule has 0 aliphatic carbocycles. The Labute approximate surface area is 197 Å². The molecule has 0 unspecified atom stereocenters. The molecule has 0 bridgehead atoms. The molecule has 33 heavy (non-hydrogen) atoms. The van der Waals surface area contributed by atoms with Crippen molar-refractivity contribution in [2.24, 2.45) is 10.9 Å². The highest BCUT2D eigenvalue weighted by molar-refractivity contribution is 6.01. The molecule has 1 aromatic carbocycles. The Kier molecular flexibility index (Phi) is 7.92. The van der Waals surface area contributed by atoms with E-state index in [1.807, 2.05) is 30.1 Å². The molecule has 6 heteroatoms. The van der Waals surface area contributed by atoms with Crippen LogP contribution in [0.25, 0.3) is 16.7 Å². The number of benzene rings is 1. The number of anilines is 1. The number of allylic oxidation sites excluding steroid dienone is 3. The lowest BCUT2D eigenvalue weighted by molar-refractivity contribution is 0.208. The maximum Gasteiger partial charge on any atom is 0.239 e. The maximum atomic E-state index is 6.68. The molecular formula is C27H36N4O2. The fourth-order valence-corrected chi connectivity index (χ4v) is 4.18. The molecule has 0 atom stereocenters. The zero-order valence-corrected chi connectivity index (χ0v) is 20.7. The molecule has 2 aromatic rings. The second kappa shape index (κ2) is 10.7. The number of rotatable bonds is 8. The molecule has 0 spiro atoms. The van der Waals surface area contributed by atoms with Gasteiger partial charge in [0, 0.05) is 18.2 Å². The highest BCUT2D eigenvalue weighted by atomic mass is 16.6. The summed E-state index contributed by atoms with van der Waals surface area (Å²) in [5.74, 6) is 1.28. The summed E-state index contributed by atoms with van der Waals surface area (Å²) in [6.07, 6.45) is 7.05. The van der Waals surface area contributed by atoms with Crippen LogP contribution in [0.1, 0.15) is 52.7 Å². The Balaban J connectivity index is 2.14. The Hall–Kier alpha value is -3.12. The van der Waals surface area contributed by atoms with E-state index >= 15 is 0 Å². The second-order valence-electron chi connectivity index (χ2n) is 8.37. The third-order valence-corrected chi connectivity index (χ3v) is 6.53. The first kappa shape index (κ1) is 24.5. The number of nitrogens with zero attached hydrogens (tertiary/aromatic N) is 3. The largest absolute Gasteiger partial charge is 0.468 e. The van der Waals surface area contributed by atoms with Crippen LogP contribution in [0.4, 0.5) is 5.69 Å². The van der Waals surface area contributed by atoms with Crippen LogP contribution in [0.5, 0.6) is 5.88 Å². The van der Waals surface area contributed by atoms with E-state index in [1.54, 1.807) is 0 Å². The molecule has 0 radical (unpaired) electrons. The molecule has 0 saturated heterocycles. The van der Waals surface area contributed by atoms with Crippen molar-refractivity contribution in [1.29, 1.82) is 0 Å². The Bertz CT molecular complexity index is 1050. The molecular weight excluding hydrogens is 412 g/mol. The number of amidine groups is 1. The number of likely N-dealkylation sites (N-methyl/N-ethyl adjacent to an activating group) is 1. The summed E-state index contributed by atoms with van der Waals surface area (Å²) >= 11 is 0. The average Bonchev–Trinajstić information content (AvgIpc) is 2.85. The van der Waals surface area contributed by atoms with E-state index in [9.17, 15) is 0 Å². The number of fused-ring (bicyclic) bond motifs is 1. The Morgan fingerprint density at radius 3 is 2.52 bits per heavy atom. The number of hydrogen-bond acceptors (Lipinski definition) is 5. The minimum absolute atomic E-state index is 0.278. The Morgan fingerprint density at radius 2 is 1.91 bits per heavy atom. The third-order valence-electron chi connectivity index (χ3n) is 6.53. The second-order valence-corrected chi connectivity index (χ2v) is 8.37. The van der Waals surface area contributed by atoms with Gasteiger partial charge in [-0.3, -0.25) is 0 Å². The van der Waals surface area contributed by atoms with E-state index in [0.29, 0.717) is 18.3 Å². The van der Waals surface area contributed by atoms with E-state index in [1.165, 1.54) is 12.7 Å². The zero-order valence-electron chi connectivity index (χ0n) is 20.7. The highest BCUT2D eigenvalue weighted by Crippen LogP contribution is 2.38. The minimum Gasteiger partial charge on any atom is -0.468 e. The van der Waals surface area contributed by atoms with Crippen molar-refractivity contribution in [1.82, 2.24) is 4.98 Å². The molecule has 0 fully saturated rings. The van der Waals surface area contributed by atoms with Crippen molar-refractivity contribution in [3.05, 3.63) is 59.8 Å². The first-order chi connectivity index (χ1) is 15.9. The van der Waals surface area contributed by atoms with E-state index in [2.05, 4.69) is 63.2 Å². The van der Waals surface area contributed by atoms with Crippen molar-refractivity contribution in [2.75, 3.05) is 25.7 Å². The van der Waals surface area contributed by atoms with Crippen LogP contribution in [0.15, 0.2) is 59.3 Å². The number of pyridine rings is 1. The van der Waals surface area contributed by atoms with E-state index in [4.69, 9.17) is 20.3 Å². The normalized spacial score (nSPS) is 16.0. The van der Waals surface area contributed by atoms with Crippen molar-refractivity contribution in [3.63, 3.8) is 0 Å². The van der Waals surface area contributed by atoms with Gasteiger partial charge in [0.05, 0.1) is 5.69 Å². The summed E-state index contributed by atoms with van der Waals surface area (Å²) in [5.41, 5.74) is 12.6. The molecule has 2 N–H and O–H groups in total. The topological polar surface area (TPSA) is 73.0 Å². The van der Waals surface area contributed by atoms with Crippen LogP contribution in [0.2, 0.25) is 0 Å². The van der Waals surface area contributed by atoms with Gasteiger partial charge < -0.3 is 20.2 Å². The van der Waals surface area contributed by atoms with Gasteiger partial charge in [0.1, 0.15) is 12.8 Å². The molecule has 2 heterocycles. The summed E-state index contributed by atoms with van der Waals surface area (Å²) in [5, 5.41) is 4.08. The summed E-state index contributed by atoms with van der Waals surface area (Å²) in [7, 11) is 3.48. The van der Waals surface area contributed by atoms with Crippen LogP contribution in [0, 0.1) is 0 Å². The van der Waals surface area contributed by atoms with Gasteiger partial charge in [0.25, 0.3) is 0 Å². The Morgan fingerprint density at radius 1 is 1.21 bits per heavy atom. The first-order valence-corrected chi connectivity index (χ1v) is 11.6. The maximum absolute atomic E-state index is 6.68. The number of aromatic nitrogens is 1. The van der Waals surface area contributed by atoms with Gasteiger partial charge in [0.15, 0.2) is 12.4 Å². The predicted molar refractivity (Wildman–Crippen MR) is 138 cm³/mol. The van der Waals surface area contributed by atoms with Gasteiger partial charge in [0.2, 0.25) is 5.88 Å². The van der Waals surface area contributed by atoms with Gasteiger partial charge in [-0.05, 0) is 43.4 Å². The van der Waals surface area contributed by atoms with Gasteiger partial charge in [-0.15, -0.1) is 0 Å². The quantitative estimate of drug-likeness (QED) is 0.408. The summed E-state index contributed by atoms with van der Waals surface area (Å²) in [6.45, 7) is 8.86. The van der Waals surface area contributed by atoms with E-state index in [0.717, 1.165) is 47.3 Å².